The Morgan fingerprint density at radius 1 is 1.15 bits per heavy atom. The van der Waals surface area contributed by atoms with E-state index < -0.39 is 0 Å². The monoisotopic (exact) mass is 471 g/mol. The molecule has 0 aliphatic carbocycles. The van der Waals surface area contributed by atoms with Crippen LogP contribution in [0, 0.1) is 5.82 Å². The molecule has 6 nitrogen and oxygen atoms in total. The largest absolute Gasteiger partial charge is 0.494 e. The van der Waals surface area contributed by atoms with Crippen molar-refractivity contribution in [3.63, 3.8) is 0 Å². The molecule has 3 rings (SSSR count). The van der Waals surface area contributed by atoms with E-state index in [4.69, 9.17) is 9.47 Å². The number of hydrogen-bond donors (Lipinski definition) is 1. The Morgan fingerprint density at radius 2 is 1.94 bits per heavy atom. The van der Waals surface area contributed by atoms with Gasteiger partial charge < -0.3 is 24.6 Å². The SMILES string of the molecule is CCCCOc1ccc(C(=O)N(C)c2ccc(N3CCC(NCCCOCC)C3)c(F)c2)cc1. The van der Waals surface area contributed by atoms with Crippen LogP contribution in [-0.2, 0) is 4.74 Å². The highest BCUT2D eigenvalue weighted by Crippen LogP contribution is 2.28. The summed E-state index contributed by atoms with van der Waals surface area (Å²) in [4.78, 5) is 16.5. The molecule has 0 aromatic heterocycles. The fraction of sp³-hybridized carbons (Fsp3) is 0.519. The Kier molecular flexibility index (Phi) is 10.2. The number of hydrogen-bond acceptors (Lipinski definition) is 5. The summed E-state index contributed by atoms with van der Waals surface area (Å²) in [6.07, 6.45) is 4.02. The Morgan fingerprint density at radius 3 is 2.65 bits per heavy atom. The van der Waals surface area contributed by atoms with Crippen molar-refractivity contribution in [2.45, 2.75) is 45.6 Å². The number of amides is 1. The van der Waals surface area contributed by atoms with Gasteiger partial charge in [-0.3, -0.25) is 4.79 Å². The van der Waals surface area contributed by atoms with Crippen molar-refractivity contribution in [2.75, 3.05) is 56.3 Å². The Bertz CT molecular complexity index is 906. The third-order valence-corrected chi connectivity index (χ3v) is 6.12. The van der Waals surface area contributed by atoms with Gasteiger partial charge in [-0.15, -0.1) is 0 Å². The van der Waals surface area contributed by atoms with Crippen LogP contribution in [0.3, 0.4) is 0 Å². The van der Waals surface area contributed by atoms with Crippen LogP contribution in [0.2, 0.25) is 0 Å². The van der Waals surface area contributed by atoms with Crippen molar-refractivity contribution in [1.82, 2.24) is 5.32 Å². The number of unbranched alkanes of at least 4 members (excludes halogenated alkanes) is 1. The van der Waals surface area contributed by atoms with Gasteiger partial charge in [0.25, 0.3) is 5.91 Å². The number of rotatable bonds is 13. The number of carbonyl (C=O) groups is 1. The summed E-state index contributed by atoms with van der Waals surface area (Å²) in [5.74, 6) is 0.245. The summed E-state index contributed by atoms with van der Waals surface area (Å²) in [5.41, 5.74) is 1.64. The molecule has 0 saturated carbocycles. The van der Waals surface area contributed by atoms with E-state index in [2.05, 4.69) is 17.1 Å². The van der Waals surface area contributed by atoms with Crippen LogP contribution in [0.4, 0.5) is 15.8 Å². The van der Waals surface area contributed by atoms with Crippen LogP contribution < -0.4 is 19.9 Å². The second-order valence-electron chi connectivity index (χ2n) is 8.66. The van der Waals surface area contributed by atoms with E-state index in [0.29, 0.717) is 29.6 Å². The quantitative estimate of drug-likeness (QED) is 0.422. The maximum atomic E-state index is 15.0. The normalized spacial score (nSPS) is 15.5. The van der Waals surface area contributed by atoms with Gasteiger partial charge in [-0.2, -0.15) is 0 Å². The van der Waals surface area contributed by atoms with Crippen LogP contribution in [-0.4, -0.2) is 58.5 Å². The molecule has 1 aliphatic rings. The number of ether oxygens (including phenoxy) is 2. The summed E-state index contributed by atoms with van der Waals surface area (Å²) >= 11 is 0. The van der Waals surface area contributed by atoms with Gasteiger partial charge in [-0.05, 0) is 75.2 Å². The maximum absolute atomic E-state index is 15.0. The molecule has 1 atom stereocenters. The first-order valence-electron chi connectivity index (χ1n) is 12.4. The van der Waals surface area contributed by atoms with Crippen molar-refractivity contribution >= 4 is 17.3 Å². The Labute approximate surface area is 203 Å². The summed E-state index contributed by atoms with van der Waals surface area (Å²) in [7, 11) is 1.67. The minimum Gasteiger partial charge on any atom is -0.494 e. The maximum Gasteiger partial charge on any atom is 0.258 e. The van der Waals surface area contributed by atoms with Crippen LogP contribution in [0.1, 0.15) is 49.9 Å². The highest BCUT2D eigenvalue weighted by atomic mass is 19.1. The van der Waals surface area contributed by atoms with Gasteiger partial charge in [-0.1, -0.05) is 13.3 Å². The summed E-state index contributed by atoms with van der Waals surface area (Å²) in [5, 5.41) is 3.53. The van der Waals surface area contributed by atoms with Gasteiger partial charge in [0.1, 0.15) is 11.6 Å². The highest BCUT2D eigenvalue weighted by molar-refractivity contribution is 6.05. The van der Waals surface area contributed by atoms with E-state index in [1.54, 1.807) is 43.4 Å². The summed E-state index contributed by atoms with van der Waals surface area (Å²) in [6.45, 7) is 8.76. The lowest BCUT2D eigenvalue weighted by atomic mass is 10.1. The molecular formula is C27H38FN3O3. The van der Waals surface area contributed by atoms with Crippen molar-refractivity contribution in [3.05, 3.63) is 53.8 Å². The number of halogens is 1. The molecule has 1 amide bonds. The average Bonchev–Trinajstić information content (AvgIpc) is 3.32. The minimum atomic E-state index is -0.311. The van der Waals surface area contributed by atoms with Crippen molar-refractivity contribution in [1.29, 1.82) is 0 Å². The first-order chi connectivity index (χ1) is 16.5. The van der Waals surface area contributed by atoms with E-state index in [0.717, 1.165) is 64.3 Å². The van der Waals surface area contributed by atoms with E-state index in [-0.39, 0.29) is 11.7 Å². The molecule has 0 radical (unpaired) electrons. The van der Waals surface area contributed by atoms with Gasteiger partial charge >= 0.3 is 0 Å². The molecule has 186 valence electrons. The molecule has 1 N–H and O–H groups in total. The molecule has 0 bridgehead atoms. The van der Waals surface area contributed by atoms with Gasteiger partial charge in [0, 0.05) is 50.6 Å². The lowest BCUT2D eigenvalue weighted by Crippen LogP contribution is -2.33. The predicted molar refractivity (Wildman–Crippen MR) is 136 cm³/mol. The van der Waals surface area contributed by atoms with Crippen LogP contribution in [0.15, 0.2) is 42.5 Å². The molecule has 1 heterocycles. The topological polar surface area (TPSA) is 54.0 Å². The highest BCUT2D eigenvalue weighted by Gasteiger charge is 2.25. The molecular weight excluding hydrogens is 433 g/mol. The van der Waals surface area contributed by atoms with Crippen molar-refractivity contribution in [2.24, 2.45) is 0 Å². The number of anilines is 2. The second-order valence-corrected chi connectivity index (χ2v) is 8.66. The molecule has 1 fully saturated rings. The zero-order valence-electron chi connectivity index (χ0n) is 20.7. The number of benzene rings is 2. The molecule has 1 aliphatic heterocycles. The lowest BCUT2D eigenvalue weighted by molar-refractivity contribution is 0.0993. The van der Waals surface area contributed by atoms with Gasteiger partial charge in [-0.25, -0.2) is 4.39 Å². The minimum absolute atomic E-state index is 0.190. The fourth-order valence-corrected chi connectivity index (χ4v) is 4.07. The molecule has 2 aromatic rings. The van der Waals surface area contributed by atoms with E-state index in [1.807, 2.05) is 6.92 Å². The second kappa shape index (κ2) is 13.3. The molecule has 7 heteroatoms. The van der Waals surface area contributed by atoms with Crippen LogP contribution in [0.25, 0.3) is 0 Å². The molecule has 1 saturated heterocycles. The lowest BCUT2D eigenvalue weighted by Gasteiger charge is -2.22. The number of nitrogens with one attached hydrogen (secondary N) is 1. The van der Waals surface area contributed by atoms with Crippen LogP contribution in [0.5, 0.6) is 5.75 Å². The molecule has 34 heavy (non-hydrogen) atoms. The number of nitrogens with zero attached hydrogens (tertiary/aromatic N) is 2. The Hall–Kier alpha value is -2.64. The van der Waals surface area contributed by atoms with E-state index in [1.165, 1.54) is 11.0 Å². The van der Waals surface area contributed by atoms with Crippen molar-refractivity contribution < 1.29 is 18.7 Å². The standard InChI is InChI=1S/C27H38FN3O3/c1-4-6-18-34-24-11-8-21(9-12-24)27(32)30(3)23-10-13-26(25(28)19-23)31-16-14-22(20-31)29-15-7-17-33-5-2/h8-13,19,22,29H,4-7,14-18,20H2,1-3H3. The predicted octanol–water partition coefficient (Wildman–Crippen LogP) is 4.88. The summed E-state index contributed by atoms with van der Waals surface area (Å²) in [6, 6.07) is 12.5. The van der Waals surface area contributed by atoms with Gasteiger partial charge in [0.15, 0.2) is 0 Å². The zero-order chi connectivity index (χ0) is 24.3. The number of carbonyl (C=O) groups excluding carboxylic acids is 1. The first kappa shape index (κ1) is 26.0. The Balaban J connectivity index is 1.55. The summed E-state index contributed by atoms with van der Waals surface area (Å²) < 4.78 is 26.0. The smallest absolute Gasteiger partial charge is 0.258 e. The average molecular weight is 472 g/mol. The van der Waals surface area contributed by atoms with E-state index in [9.17, 15) is 4.79 Å². The van der Waals surface area contributed by atoms with E-state index >= 15 is 4.39 Å². The molecule has 1 unspecified atom stereocenters. The van der Waals surface area contributed by atoms with Gasteiger partial charge in [0.05, 0.1) is 12.3 Å². The first-order valence-corrected chi connectivity index (χ1v) is 12.4. The molecule has 0 spiro atoms. The van der Waals surface area contributed by atoms with Crippen molar-refractivity contribution in [3.8, 4) is 5.75 Å². The fourth-order valence-electron chi connectivity index (χ4n) is 4.07. The van der Waals surface area contributed by atoms with Gasteiger partial charge in [0.2, 0.25) is 0 Å². The van der Waals surface area contributed by atoms with Crippen LogP contribution >= 0.6 is 0 Å². The third-order valence-electron chi connectivity index (χ3n) is 6.12. The third kappa shape index (κ3) is 7.18. The zero-order valence-corrected chi connectivity index (χ0v) is 20.7. The molecule has 2 aromatic carbocycles.